The number of nitrogens with one attached hydrogen (secondary N) is 1. The molecule has 0 saturated carbocycles. The average molecular weight is 524 g/mol. The van der Waals surface area contributed by atoms with Gasteiger partial charge in [0.25, 0.3) is 0 Å². The Balaban J connectivity index is 1.60. The molecule has 2 aromatic rings. The molecule has 2 aliphatic heterocycles. The Morgan fingerprint density at radius 3 is 2.33 bits per heavy atom. The number of piperidine rings is 1. The normalized spacial score (nSPS) is 21.8. The number of benzene rings is 2. The number of aryl methyl sites for hydroxylation is 1. The zero-order valence-electron chi connectivity index (χ0n) is 20.7. The first-order valence-electron chi connectivity index (χ1n) is 12.2. The number of amides is 1. The van der Waals surface area contributed by atoms with Crippen molar-refractivity contribution in [2.45, 2.75) is 69.4 Å². The van der Waals surface area contributed by atoms with Crippen LogP contribution in [0.4, 0.5) is 13.2 Å². The first-order valence-corrected chi connectivity index (χ1v) is 13.6. The monoisotopic (exact) mass is 523 g/mol. The molecule has 10 heteroatoms. The Morgan fingerprint density at radius 1 is 1.11 bits per heavy atom. The minimum Gasteiger partial charge on any atom is -0.319 e. The van der Waals surface area contributed by atoms with Crippen LogP contribution in [0.2, 0.25) is 0 Å². The summed E-state index contributed by atoms with van der Waals surface area (Å²) in [5.41, 5.74) is -0.231. The molecule has 2 saturated heterocycles. The molecule has 6 nitrogen and oxygen atoms in total. The maximum atomic E-state index is 13.5. The smallest absolute Gasteiger partial charge is 0.319 e. The number of rotatable bonds is 6. The van der Waals surface area contributed by atoms with Crippen LogP contribution in [0.1, 0.15) is 49.8 Å². The van der Waals surface area contributed by atoms with Crippen LogP contribution >= 0.6 is 0 Å². The highest BCUT2D eigenvalue weighted by atomic mass is 32.2. The first kappa shape index (κ1) is 26.6. The Kier molecular flexibility index (Phi) is 7.24. The van der Waals surface area contributed by atoms with E-state index in [2.05, 4.69) is 5.32 Å². The number of carbonyl (C=O) groups excluding carboxylic acids is 1. The van der Waals surface area contributed by atoms with Gasteiger partial charge in [0.15, 0.2) is 0 Å². The summed E-state index contributed by atoms with van der Waals surface area (Å²) < 4.78 is 67.7. The number of hydrogen-bond acceptors (Lipinski definition) is 4. The molecule has 2 fully saturated rings. The molecule has 196 valence electrons. The van der Waals surface area contributed by atoms with Gasteiger partial charge in [-0.05, 0) is 55.5 Å². The minimum atomic E-state index is -4.48. The third kappa shape index (κ3) is 5.03. The van der Waals surface area contributed by atoms with Gasteiger partial charge in [-0.1, -0.05) is 50.1 Å². The summed E-state index contributed by atoms with van der Waals surface area (Å²) >= 11 is 0. The first-order chi connectivity index (χ1) is 16.9. The molecule has 0 aliphatic carbocycles. The molecular formula is C26H32F3N3O3S. The number of sulfonamides is 1. The van der Waals surface area contributed by atoms with Crippen molar-refractivity contribution in [3.63, 3.8) is 0 Å². The Labute approximate surface area is 210 Å². The van der Waals surface area contributed by atoms with Crippen LogP contribution in [0, 0.1) is 12.8 Å². The lowest BCUT2D eigenvalue weighted by molar-refractivity contribution is -0.137. The van der Waals surface area contributed by atoms with E-state index < -0.39 is 33.5 Å². The van der Waals surface area contributed by atoms with Gasteiger partial charge in [0.05, 0.1) is 22.2 Å². The van der Waals surface area contributed by atoms with Gasteiger partial charge in [0.1, 0.15) is 0 Å². The van der Waals surface area contributed by atoms with Crippen LogP contribution in [0.3, 0.4) is 0 Å². The highest BCUT2D eigenvalue weighted by Crippen LogP contribution is 2.38. The van der Waals surface area contributed by atoms with Crippen LogP contribution in [-0.4, -0.2) is 48.3 Å². The van der Waals surface area contributed by atoms with Gasteiger partial charge in [0, 0.05) is 19.6 Å². The highest BCUT2D eigenvalue weighted by molar-refractivity contribution is 7.89. The van der Waals surface area contributed by atoms with Crippen LogP contribution < -0.4 is 5.32 Å². The predicted molar refractivity (Wildman–Crippen MR) is 130 cm³/mol. The van der Waals surface area contributed by atoms with Crippen LogP contribution in [-0.2, 0) is 27.5 Å². The topological polar surface area (TPSA) is 69.7 Å². The van der Waals surface area contributed by atoms with Crippen molar-refractivity contribution in [2.24, 2.45) is 5.92 Å². The number of halogens is 3. The number of hydrogen-bond donors (Lipinski definition) is 1. The van der Waals surface area contributed by atoms with E-state index in [4.69, 9.17) is 0 Å². The maximum absolute atomic E-state index is 13.5. The molecule has 36 heavy (non-hydrogen) atoms. The third-order valence-electron chi connectivity index (χ3n) is 7.49. The summed E-state index contributed by atoms with van der Waals surface area (Å²) in [6, 6.07) is 11.2. The predicted octanol–water partition coefficient (Wildman–Crippen LogP) is 4.54. The Hall–Kier alpha value is -2.43. The lowest BCUT2D eigenvalue weighted by Gasteiger charge is -2.44. The quantitative estimate of drug-likeness (QED) is 0.604. The molecule has 0 unspecified atom stereocenters. The van der Waals surface area contributed by atoms with Gasteiger partial charge >= 0.3 is 6.18 Å². The van der Waals surface area contributed by atoms with E-state index in [9.17, 15) is 26.4 Å². The number of alkyl halides is 3. The van der Waals surface area contributed by atoms with E-state index in [1.807, 2.05) is 20.8 Å². The van der Waals surface area contributed by atoms with Crippen molar-refractivity contribution in [1.82, 2.24) is 14.5 Å². The molecule has 2 heterocycles. The van der Waals surface area contributed by atoms with Gasteiger partial charge in [-0.2, -0.15) is 17.5 Å². The number of carbonyl (C=O) groups is 1. The molecule has 2 atom stereocenters. The second-order valence-corrected chi connectivity index (χ2v) is 11.8. The average Bonchev–Trinajstić information content (AvgIpc) is 3.10. The van der Waals surface area contributed by atoms with Crippen molar-refractivity contribution < 1.29 is 26.4 Å². The second kappa shape index (κ2) is 9.79. The molecule has 0 radical (unpaired) electrons. The third-order valence-corrected chi connectivity index (χ3v) is 9.40. The van der Waals surface area contributed by atoms with Gasteiger partial charge in [-0.15, -0.1) is 0 Å². The molecule has 2 aliphatic rings. The SMILES string of the molecule is CC[C@@H](C)[C@@H]1NC2(CCN(S(=O)(=O)c3ccc(C)cc3)CC2)N(Cc2cccc(C(F)(F)F)c2)C1=O. The fourth-order valence-corrected chi connectivity index (χ4v) is 6.50. The van der Waals surface area contributed by atoms with E-state index in [1.54, 1.807) is 35.2 Å². The Bertz CT molecular complexity index is 1210. The van der Waals surface area contributed by atoms with E-state index >= 15 is 0 Å². The van der Waals surface area contributed by atoms with Crippen molar-refractivity contribution in [1.29, 1.82) is 0 Å². The summed E-state index contributed by atoms with van der Waals surface area (Å²) in [4.78, 5) is 15.4. The number of nitrogens with zero attached hydrogens (tertiary/aromatic N) is 2. The van der Waals surface area contributed by atoms with E-state index in [0.29, 0.717) is 18.4 Å². The zero-order valence-corrected chi connectivity index (χ0v) is 21.5. The van der Waals surface area contributed by atoms with E-state index in [-0.39, 0.29) is 36.4 Å². The molecule has 1 N–H and O–H groups in total. The van der Waals surface area contributed by atoms with Gasteiger partial charge < -0.3 is 4.90 Å². The van der Waals surface area contributed by atoms with Crippen molar-refractivity contribution >= 4 is 15.9 Å². The van der Waals surface area contributed by atoms with Gasteiger partial charge in [-0.3, -0.25) is 10.1 Å². The van der Waals surface area contributed by atoms with E-state index in [0.717, 1.165) is 24.1 Å². The molecule has 1 spiro atoms. The second-order valence-electron chi connectivity index (χ2n) is 9.88. The standard InChI is InChI=1S/C26H32F3N3O3S/c1-4-19(3)23-24(33)32(17-20-6-5-7-21(16-20)26(27,28)29)25(30-23)12-14-31(15-13-25)36(34,35)22-10-8-18(2)9-11-22/h5-11,16,19,23,30H,4,12-15,17H2,1-3H3/t19-,23+/m1/s1. The molecule has 4 rings (SSSR count). The fraction of sp³-hybridized carbons (Fsp3) is 0.500. The Morgan fingerprint density at radius 2 is 1.75 bits per heavy atom. The van der Waals surface area contributed by atoms with Crippen LogP contribution in [0.15, 0.2) is 53.4 Å². The van der Waals surface area contributed by atoms with Gasteiger partial charge in [0.2, 0.25) is 15.9 Å². The molecule has 2 aromatic carbocycles. The largest absolute Gasteiger partial charge is 0.416 e. The highest BCUT2D eigenvalue weighted by Gasteiger charge is 2.53. The van der Waals surface area contributed by atoms with Crippen LogP contribution in [0.5, 0.6) is 0 Å². The zero-order chi connectivity index (χ0) is 26.3. The molecule has 0 aromatic heterocycles. The molecule has 1 amide bonds. The summed E-state index contributed by atoms with van der Waals surface area (Å²) in [6.07, 6.45) is -3.04. The summed E-state index contributed by atoms with van der Waals surface area (Å²) in [6.45, 7) is 6.25. The van der Waals surface area contributed by atoms with Gasteiger partial charge in [-0.25, -0.2) is 8.42 Å². The van der Waals surface area contributed by atoms with E-state index in [1.165, 1.54) is 10.4 Å². The summed E-state index contributed by atoms with van der Waals surface area (Å²) in [5.74, 6) is -0.133. The summed E-state index contributed by atoms with van der Waals surface area (Å²) in [7, 11) is -3.69. The fourth-order valence-electron chi connectivity index (χ4n) is 5.06. The van der Waals surface area contributed by atoms with Crippen molar-refractivity contribution in [3.05, 3.63) is 65.2 Å². The molecular weight excluding hydrogens is 491 g/mol. The maximum Gasteiger partial charge on any atom is 0.416 e. The summed E-state index contributed by atoms with van der Waals surface area (Å²) in [5, 5.41) is 3.47. The van der Waals surface area contributed by atoms with Crippen molar-refractivity contribution in [2.75, 3.05) is 13.1 Å². The van der Waals surface area contributed by atoms with Crippen LogP contribution in [0.25, 0.3) is 0 Å². The van der Waals surface area contributed by atoms with Crippen molar-refractivity contribution in [3.8, 4) is 0 Å². The minimum absolute atomic E-state index is 0.0212. The lowest BCUT2D eigenvalue weighted by atomic mass is 9.96. The lowest BCUT2D eigenvalue weighted by Crippen LogP contribution is -2.59. The molecule has 0 bridgehead atoms.